The molecule has 0 aliphatic carbocycles. The van der Waals surface area contributed by atoms with Gasteiger partial charge in [0.15, 0.2) is 0 Å². The number of likely N-dealkylation sites (tertiary alicyclic amines) is 1. The fraction of sp³-hybridized carbons (Fsp3) is 0.562. The summed E-state index contributed by atoms with van der Waals surface area (Å²) in [6.45, 7) is 6.03. The van der Waals surface area contributed by atoms with Crippen molar-refractivity contribution in [3.63, 3.8) is 0 Å². The normalized spacial score (nSPS) is 18.4. The van der Waals surface area contributed by atoms with Crippen LogP contribution in [-0.4, -0.2) is 35.7 Å². The van der Waals surface area contributed by atoms with Crippen LogP contribution in [0.15, 0.2) is 29.2 Å². The SMILES string of the molecule is CC1CCN([C@@H](C)C(=O)Nc2ccc(SC(F)F)cc2)CC1. The van der Waals surface area contributed by atoms with Crippen molar-refractivity contribution in [2.45, 2.75) is 43.4 Å². The lowest BCUT2D eigenvalue weighted by Gasteiger charge is -2.34. The molecule has 1 saturated heterocycles. The average molecular weight is 328 g/mol. The van der Waals surface area contributed by atoms with Crippen LogP contribution >= 0.6 is 11.8 Å². The first-order chi connectivity index (χ1) is 10.5. The van der Waals surface area contributed by atoms with E-state index in [0.717, 1.165) is 31.8 Å². The number of nitrogens with zero attached hydrogens (tertiary/aromatic N) is 1. The molecule has 22 heavy (non-hydrogen) atoms. The lowest BCUT2D eigenvalue weighted by molar-refractivity contribution is -0.121. The van der Waals surface area contributed by atoms with E-state index < -0.39 is 5.76 Å². The van der Waals surface area contributed by atoms with Gasteiger partial charge in [-0.05, 0) is 63.0 Å². The van der Waals surface area contributed by atoms with Crippen LogP contribution in [0.3, 0.4) is 0 Å². The van der Waals surface area contributed by atoms with Gasteiger partial charge in [-0.2, -0.15) is 8.78 Å². The third kappa shape index (κ3) is 4.95. The van der Waals surface area contributed by atoms with Gasteiger partial charge in [0, 0.05) is 10.6 Å². The number of carbonyl (C=O) groups excluding carboxylic acids is 1. The molecule has 1 aromatic carbocycles. The highest BCUT2D eigenvalue weighted by molar-refractivity contribution is 7.99. The van der Waals surface area contributed by atoms with Gasteiger partial charge in [0.05, 0.1) is 6.04 Å². The molecule has 1 heterocycles. The van der Waals surface area contributed by atoms with Gasteiger partial charge in [-0.15, -0.1) is 0 Å². The van der Waals surface area contributed by atoms with Gasteiger partial charge < -0.3 is 5.32 Å². The molecule has 1 fully saturated rings. The maximum absolute atomic E-state index is 12.3. The van der Waals surface area contributed by atoms with Crippen molar-refractivity contribution in [1.29, 1.82) is 0 Å². The first kappa shape index (κ1) is 17.2. The molecule has 1 aromatic rings. The average Bonchev–Trinajstić information content (AvgIpc) is 2.49. The molecule has 1 aliphatic rings. The monoisotopic (exact) mass is 328 g/mol. The zero-order valence-corrected chi connectivity index (χ0v) is 13.7. The van der Waals surface area contributed by atoms with Crippen molar-refractivity contribution in [1.82, 2.24) is 4.90 Å². The summed E-state index contributed by atoms with van der Waals surface area (Å²) in [7, 11) is 0. The predicted molar refractivity (Wildman–Crippen MR) is 86.4 cm³/mol. The second kappa shape index (κ2) is 7.92. The highest BCUT2D eigenvalue weighted by Gasteiger charge is 2.25. The minimum absolute atomic E-state index is 0.0520. The Morgan fingerprint density at radius 3 is 2.41 bits per heavy atom. The molecule has 1 N–H and O–H groups in total. The van der Waals surface area contributed by atoms with Crippen molar-refractivity contribution in [3.8, 4) is 0 Å². The number of carbonyl (C=O) groups is 1. The first-order valence-electron chi connectivity index (χ1n) is 7.55. The summed E-state index contributed by atoms with van der Waals surface area (Å²) in [4.78, 5) is 15.0. The van der Waals surface area contributed by atoms with Crippen LogP contribution in [0.4, 0.5) is 14.5 Å². The Balaban J connectivity index is 1.88. The lowest BCUT2D eigenvalue weighted by atomic mass is 9.98. The van der Waals surface area contributed by atoms with E-state index >= 15 is 0 Å². The number of piperidine rings is 1. The summed E-state index contributed by atoms with van der Waals surface area (Å²) in [5.41, 5.74) is 0.640. The summed E-state index contributed by atoms with van der Waals surface area (Å²) < 4.78 is 24.5. The highest BCUT2D eigenvalue weighted by atomic mass is 32.2. The molecule has 2 rings (SSSR count). The van der Waals surface area contributed by atoms with Gasteiger partial charge in [0.1, 0.15) is 0 Å². The Morgan fingerprint density at radius 1 is 1.27 bits per heavy atom. The fourth-order valence-corrected chi connectivity index (χ4v) is 3.05. The molecule has 1 atom stereocenters. The summed E-state index contributed by atoms with van der Waals surface area (Å²) in [5, 5.41) is 2.85. The summed E-state index contributed by atoms with van der Waals surface area (Å²) in [6.07, 6.45) is 2.24. The summed E-state index contributed by atoms with van der Waals surface area (Å²) in [6, 6.07) is 6.34. The lowest BCUT2D eigenvalue weighted by Crippen LogP contribution is -2.45. The van der Waals surface area contributed by atoms with Crippen LogP contribution in [-0.2, 0) is 4.79 Å². The number of anilines is 1. The number of halogens is 2. The topological polar surface area (TPSA) is 32.3 Å². The van der Waals surface area contributed by atoms with E-state index in [1.54, 1.807) is 24.3 Å². The molecule has 3 nitrogen and oxygen atoms in total. The zero-order chi connectivity index (χ0) is 16.1. The standard InChI is InChI=1S/C16H22F2N2OS/c1-11-7-9-20(10-8-11)12(2)15(21)19-13-3-5-14(6-4-13)22-16(17)18/h3-6,11-12,16H,7-10H2,1-2H3,(H,19,21)/t12-/m0/s1. The number of amides is 1. The van der Waals surface area contributed by atoms with E-state index in [9.17, 15) is 13.6 Å². The molecule has 0 radical (unpaired) electrons. The smallest absolute Gasteiger partial charge is 0.288 e. The van der Waals surface area contributed by atoms with Crippen LogP contribution in [0.1, 0.15) is 26.7 Å². The third-order valence-corrected chi connectivity index (χ3v) is 4.81. The van der Waals surface area contributed by atoms with E-state index in [1.165, 1.54) is 0 Å². The Bertz CT molecular complexity index is 487. The Hall–Kier alpha value is -1.14. The van der Waals surface area contributed by atoms with Crippen LogP contribution in [0.25, 0.3) is 0 Å². The minimum Gasteiger partial charge on any atom is -0.325 e. The Morgan fingerprint density at radius 2 is 1.86 bits per heavy atom. The third-order valence-electron chi connectivity index (χ3n) is 4.09. The highest BCUT2D eigenvalue weighted by Crippen LogP contribution is 2.26. The molecule has 0 unspecified atom stereocenters. The van der Waals surface area contributed by atoms with Gasteiger partial charge in [-0.1, -0.05) is 18.7 Å². The van der Waals surface area contributed by atoms with E-state index in [-0.39, 0.29) is 11.9 Å². The molecule has 0 spiro atoms. The number of thioether (sulfide) groups is 1. The van der Waals surface area contributed by atoms with Crippen LogP contribution < -0.4 is 5.32 Å². The predicted octanol–water partition coefficient (Wildman–Crippen LogP) is 4.06. The number of hydrogen-bond acceptors (Lipinski definition) is 3. The summed E-state index contributed by atoms with van der Waals surface area (Å²) >= 11 is 0.501. The molecule has 0 aromatic heterocycles. The molecular weight excluding hydrogens is 306 g/mol. The molecule has 1 amide bonds. The molecule has 6 heteroatoms. The van der Waals surface area contributed by atoms with Crippen LogP contribution in [0.2, 0.25) is 0 Å². The molecule has 122 valence electrons. The second-order valence-corrected chi connectivity index (χ2v) is 6.85. The number of alkyl halides is 2. The van der Waals surface area contributed by atoms with E-state index in [4.69, 9.17) is 0 Å². The van der Waals surface area contributed by atoms with Crippen molar-refractivity contribution in [2.75, 3.05) is 18.4 Å². The van der Waals surface area contributed by atoms with Gasteiger partial charge >= 0.3 is 0 Å². The molecule has 1 aliphatic heterocycles. The fourth-order valence-electron chi connectivity index (χ4n) is 2.55. The summed E-state index contributed by atoms with van der Waals surface area (Å²) in [5.74, 6) is -1.75. The quantitative estimate of drug-likeness (QED) is 0.827. The maximum atomic E-state index is 12.3. The first-order valence-corrected chi connectivity index (χ1v) is 8.43. The molecular formula is C16H22F2N2OS. The number of nitrogens with one attached hydrogen (secondary N) is 1. The Kier molecular flexibility index (Phi) is 6.20. The molecule has 0 saturated carbocycles. The van der Waals surface area contributed by atoms with Crippen LogP contribution in [0.5, 0.6) is 0 Å². The van der Waals surface area contributed by atoms with Crippen molar-refractivity contribution in [2.24, 2.45) is 5.92 Å². The van der Waals surface area contributed by atoms with Crippen molar-refractivity contribution >= 4 is 23.4 Å². The largest absolute Gasteiger partial charge is 0.325 e. The van der Waals surface area contributed by atoms with E-state index in [0.29, 0.717) is 22.3 Å². The Labute approximate surface area is 134 Å². The van der Waals surface area contributed by atoms with Gasteiger partial charge in [0.25, 0.3) is 5.76 Å². The van der Waals surface area contributed by atoms with E-state index in [1.807, 2.05) is 6.92 Å². The van der Waals surface area contributed by atoms with Crippen LogP contribution in [0, 0.1) is 5.92 Å². The second-order valence-electron chi connectivity index (χ2n) is 5.79. The number of rotatable bonds is 5. The zero-order valence-electron chi connectivity index (χ0n) is 12.9. The maximum Gasteiger partial charge on any atom is 0.288 e. The van der Waals surface area contributed by atoms with E-state index in [2.05, 4.69) is 17.1 Å². The van der Waals surface area contributed by atoms with Gasteiger partial charge in [0.2, 0.25) is 5.91 Å². The van der Waals surface area contributed by atoms with Crippen molar-refractivity contribution in [3.05, 3.63) is 24.3 Å². The van der Waals surface area contributed by atoms with Gasteiger partial charge in [-0.25, -0.2) is 0 Å². The number of hydrogen-bond donors (Lipinski definition) is 1. The number of benzene rings is 1. The van der Waals surface area contributed by atoms with Gasteiger partial charge in [-0.3, -0.25) is 9.69 Å². The molecule has 0 bridgehead atoms. The van der Waals surface area contributed by atoms with Crippen molar-refractivity contribution < 1.29 is 13.6 Å². The minimum atomic E-state index is -2.43.